The van der Waals surface area contributed by atoms with Crippen LogP contribution in [0.5, 0.6) is 5.75 Å². The van der Waals surface area contributed by atoms with Gasteiger partial charge in [-0.2, -0.15) is 0 Å². The summed E-state index contributed by atoms with van der Waals surface area (Å²) in [6, 6.07) is 14.0. The monoisotopic (exact) mass is 477 g/mol. The van der Waals surface area contributed by atoms with E-state index in [1.165, 1.54) is 0 Å². The number of hydrogen-bond donors (Lipinski definition) is 1. The molecular formula is C28H35N3O4. The maximum Gasteiger partial charge on any atom is 0.253 e. The minimum atomic E-state index is -0.608. The molecule has 1 N–H and O–H groups in total. The van der Waals surface area contributed by atoms with Crippen molar-refractivity contribution in [2.24, 2.45) is 5.92 Å². The highest BCUT2D eigenvalue weighted by molar-refractivity contribution is 5.98. The molecule has 2 fully saturated rings. The number of ether oxygens (including phenoxy) is 1. The van der Waals surface area contributed by atoms with Gasteiger partial charge < -0.3 is 19.9 Å². The normalized spacial score (nSPS) is 17.5. The summed E-state index contributed by atoms with van der Waals surface area (Å²) in [4.78, 5) is 43.4. The van der Waals surface area contributed by atoms with Crippen LogP contribution in [-0.4, -0.2) is 66.9 Å². The first-order valence-corrected chi connectivity index (χ1v) is 12.6. The lowest BCUT2D eigenvalue weighted by molar-refractivity contribution is -0.136. The molecule has 1 atom stereocenters. The SMILES string of the molecule is COc1cccc(C(=O)NC(C(=O)N2CCCCC2)C2CCN(C(=O)c3ccc(C)cc3)CC2)c1. The van der Waals surface area contributed by atoms with Crippen LogP contribution in [-0.2, 0) is 4.79 Å². The van der Waals surface area contributed by atoms with Gasteiger partial charge in [-0.25, -0.2) is 0 Å². The predicted octanol–water partition coefficient (Wildman–Crippen LogP) is 3.67. The van der Waals surface area contributed by atoms with Gasteiger partial charge in [0.05, 0.1) is 7.11 Å². The van der Waals surface area contributed by atoms with Crippen LogP contribution in [0.25, 0.3) is 0 Å². The summed E-state index contributed by atoms with van der Waals surface area (Å²) >= 11 is 0. The van der Waals surface area contributed by atoms with Gasteiger partial charge in [-0.15, -0.1) is 0 Å². The quantitative estimate of drug-likeness (QED) is 0.689. The Morgan fingerprint density at radius 3 is 2.23 bits per heavy atom. The highest BCUT2D eigenvalue weighted by atomic mass is 16.5. The number of methoxy groups -OCH3 is 1. The standard InChI is InChI=1S/C28H35N3O4/c1-20-9-11-22(12-10-20)27(33)31-17-13-21(14-18-31)25(28(34)30-15-4-3-5-16-30)29-26(32)23-7-6-8-24(19-23)35-2/h6-12,19,21,25H,3-5,13-18H2,1-2H3,(H,29,32). The maximum absolute atomic E-state index is 13.6. The van der Waals surface area contributed by atoms with E-state index in [-0.39, 0.29) is 23.6 Å². The van der Waals surface area contributed by atoms with Gasteiger partial charge in [-0.1, -0.05) is 23.8 Å². The molecule has 186 valence electrons. The first-order chi connectivity index (χ1) is 17.0. The minimum Gasteiger partial charge on any atom is -0.497 e. The average molecular weight is 478 g/mol. The molecule has 0 radical (unpaired) electrons. The summed E-state index contributed by atoms with van der Waals surface area (Å²) in [5, 5.41) is 3.04. The van der Waals surface area contributed by atoms with Gasteiger partial charge >= 0.3 is 0 Å². The van der Waals surface area contributed by atoms with Crippen molar-refractivity contribution in [1.82, 2.24) is 15.1 Å². The topological polar surface area (TPSA) is 79.0 Å². The van der Waals surface area contributed by atoms with Crippen LogP contribution in [0.1, 0.15) is 58.4 Å². The summed E-state index contributed by atoms with van der Waals surface area (Å²) in [6.07, 6.45) is 4.45. The number of carbonyl (C=O) groups excluding carboxylic acids is 3. The fourth-order valence-corrected chi connectivity index (χ4v) is 5.00. The van der Waals surface area contributed by atoms with Crippen LogP contribution < -0.4 is 10.1 Å². The number of carbonyl (C=O) groups is 3. The van der Waals surface area contributed by atoms with Crippen molar-refractivity contribution in [3.8, 4) is 5.75 Å². The zero-order valence-electron chi connectivity index (χ0n) is 20.7. The first kappa shape index (κ1) is 24.8. The van der Waals surface area contributed by atoms with Crippen molar-refractivity contribution in [2.75, 3.05) is 33.3 Å². The molecule has 0 spiro atoms. The number of aryl methyl sites for hydroxylation is 1. The molecule has 2 aliphatic heterocycles. The molecule has 7 nitrogen and oxygen atoms in total. The molecule has 0 bridgehead atoms. The molecule has 2 heterocycles. The van der Waals surface area contributed by atoms with E-state index in [0.29, 0.717) is 42.8 Å². The van der Waals surface area contributed by atoms with Crippen LogP contribution in [0.15, 0.2) is 48.5 Å². The van der Waals surface area contributed by atoms with E-state index in [0.717, 1.165) is 37.9 Å². The predicted molar refractivity (Wildman–Crippen MR) is 134 cm³/mol. The van der Waals surface area contributed by atoms with E-state index < -0.39 is 6.04 Å². The van der Waals surface area contributed by atoms with Crippen molar-refractivity contribution < 1.29 is 19.1 Å². The Bertz CT molecular complexity index is 1040. The second-order valence-corrected chi connectivity index (χ2v) is 9.56. The third kappa shape index (κ3) is 6.02. The molecule has 2 aromatic carbocycles. The molecule has 3 amide bonds. The molecule has 0 aromatic heterocycles. The number of amides is 3. The smallest absolute Gasteiger partial charge is 0.253 e. The van der Waals surface area contributed by atoms with E-state index >= 15 is 0 Å². The summed E-state index contributed by atoms with van der Waals surface area (Å²) in [5.74, 6) is 0.296. The molecule has 4 rings (SSSR count). The summed E-state index contributed by atoms with van der Waals surface area (Å²) in [5.41, 5.74) is 2.26. The number of likely N-dealkylation sites (tertiary alicyclic amines) is 2. The number of rotatable bonds is 6. The molecule has 2 saturated heterocycles. The first-order valence-electron chi connectivity index (χ1n) is 12.6. The summed E-state index contributed by atoms with van der Waals surface area (Å²) < 4.78 is 5.25. The summed E-state index contributed by atoms with van der Waals surface area (Å²) in [6.45, 7) is 4.59. The van der Waals surface area contributed by atoms with E-state index in [9.17, 15) is 14.4 Å². The van der Waals surface area contributed by atoms with Crippen molar-refractivity contribution in [1.29, 1.82) is 0 Å². The number of hydrogen-bond acceptors (Lipinski definition) is 4. The molecule has 0 aliphatic carbocycles. The van der Waals surface area contributed by atoms with Crippen LogP contribution in [0.2, 0.25) is 0 Å². The molecule has 35 heavy (non-hydrogen) atoms. The van der Waals surface area contributed by atoms with Crippen molar-refractivity contribution in [3.05, 3.63) is 65.2 Å². The van der Waals surface area contributed by atoms with Gasteiger partial charge in [0, 0.05) is 37.3 Å². The van der Waals surface area contributed by atoms with Gasteiger partial charge in [0.1, 0.15) is 11.8 Å². The van der Waals surface area contributed by atoms with Crippen molar-refractivity contribution in [2.45, 2.75) is 45.1 Å². The van der Waals surface area contributed by atoms with E-state index in [2.05, 4.69) is 5.32 Å². The van der Waals surface area contributed by atoms with Gasteiger partial charge in [-0.05, 0) is 75.3 Å². The second kappa shape index (κ2) is 11.4. The average Bonchev–Trinajstić information content (AvgIpc) is 2.92. The lowest BCUT2D eigenvalue weighted by Gasteiger charge is -2.38. The Hall–Kier alpha value is -3.35. The van der Waals surface area contributed by atoms with Crippen molar-refractivity contribution in [3.63, 3.8) is 0 Å². The number of piperidine rings is 2. The molecular weight excluding hydrogens is 442 g/mol. The van der Waals surface area contributed by atoms with Crippen LogP contribution in [0.4, 0.5) is 0 Å². The second-order valence-electron chi connectivity index (χ2n) is 9.56. The molecule has 2 aromatic rings. The molecule has 7 heteroatoms. The fourth-order valence-electron chi connectivity index (χ4n) is 5.00. The van der Waals surface area contributed by atoms with E-state index in [4.69, 9.17) is 4.74 Å². The lowest BCUT2D eigenvalue weighted by Crippen LogP contribution is -2.55. The van der Waals surface area contributed by atoms with Gasteiger partial charge in [0.2, 0.25) is 5.91 Å². The zero-order chi connectivity index (χ0) is 24.8. The van der Waals surface area contributed by atoms with Crippen LogP contribution in [0.3, 0.4) is 0 Å². The Balaban J connectivity index is 1.47. The largest absolute Gasteiger partial charge is 0.497 e. The van der Waals surface area contributed by atoms with Gasteiger partial charge in [0.15, 0.2) is 0 Å². The molecule has 0 saturated carbocycles. The highest BCUT2D eigenvalue weighted by Gasteiger charge is 2.36. The third-order valence-electron chi connectivity index (χ3n) is 7.15. The molecule has 1 unspecified atom stereocenters. The Morgan fingerprint density at radius 1 is 0.886 bits per heavy atom. The maximum atomic E-state index is 13.6. The van der Waals surface area contributed by atoms with E-state index in [1.807, 2.05) is 41.0 Å². The fraction of sp³-hybridized carbons (Fsp3) is 0.464. The summed E-state index contributed by atoms with van der Waals surface area (Å²) in [7, 11) is 1.56. The van der Waals surface area contributed by atoms with Crippen LogP contribution in [0, 0.1) is 12.8 Å². The Morgan fingerprint density at radius 2 is 1.57 bits per heavy atom. The number of nitrogens with zero attached hydrogens (tertiary/aromatic N) is 2. The van der Waals surface area contributed by atoms with Crippen LogP contribution >= 0.6 is 0 Å². The van der Waals surface area contributed by atoms with Gasteiger partial charge in [0.25, 0.3) is 11.8 Å². The van der Waals surface area contributed by atoms with Gasteiger partial charge in [-0.3, -0.25) is 14.4 Å². The zero-order valence-corrected chi connectivity index (χ0v) is 20.7. The number of benzene rings is 2. The Labute approximate surface area is 207 Å². The lowest BCUT2D eigenvalue weighted by atomic mass is 9.87. The highest BCUT2D eigenvalue weighted by Crippen LogP contribution is 2.25. The third-order valence-corrected chi connectivity index (χ3v) is 7.15. The number of nitrogens with one attached hydrogen (secondary N) is 1. The Kier molecular flexibility index (Phi) is 8.06. The molecule has 2 aliphatic rings. The minimum absolute atomic E-state index is 0.00995. The van der Waals surface area contributed by atoms with Crippen molar-refractivity contribution >= 4 is 17.7 Å². The van der Waals surface area contributed by atoms with E-state index in [1.54, 1.807) is 31.4 Å².